The number of non-ortho nitro benzene ring substituents is 1. The van der Waals surface area contributed by atoms with E-state index < -0.39 is 35.2 Å². The van der Waals surface area contributed by atoms with Crippen LogP contribution in [0.2, 0.25) is 10.0 Å². The Kier molecular flexibility index (Phi) is 8.04. The van der Waals surface area contributed by atoms with Gasteiger partial charge in [0, 0.05) is 41.4 Å². The zero-order valence-corrected chi connectivity index (χ0v) is 21.0. The Bertz CT molecular complexity index is 1420. The first-order valence-electron chi connectivity index (χ1n) is 11.1. The van der Waals surface area contributed by atoms with Crippen molar-refractivity contribution in [1.29, 1.82) is 0 Å². The molecule has 1 saturated heterocycles. The minimum atomic E-state index is -0.785. The number of nitro groups is 1. The van der Waals surface area contributed by atoms with Gasteiger partial charge >= 0.3 is 11.9 Å². The van der Waals surface area contributed by atoms with Gasteiger partial charge in [0.05, 0.1) is 21.4 Å². The van der Waals surface area contributed by atoms with Crippen LogP contribution in [0.15, 0.2) is 66.7 Å². The minimum Gasteiger partial charge on any atom is -0.457 e. The molecule has 0 aromatic heterocycles. The molecule has 38 heavy (non-hydrogen) atoms. The number of benzene rings is 3. The van der Waals surface area contributed by atoms with Crippen LogP contribution in [0, 0.1) is 16.0 Å². The van der Waals surface area contributed by atoms with Gasteiger partial charge in [-0.2, -0.15) is 0 Å². The van der Waals surface area contributed by atoms with Gasteiger partial charge in [-0.05, 0) is 54.6 Å². The smallest absolute Gasteiger partial charge is 0.345 e. The van der Waals surface area contributed by atoms with Crippen LogP contribution >= 0.6 is 23.2 Å². The second-order valence-electron chi connectivity index (χ2n) is 8.25. The average Bonchev–Trinajstić information content (AvgIpc) is 3.29. The zero-order valence-electron chi connectivity index (χ0n) is 19.5. The molecule has 1 heterocycles. The SMILES string of the molecule is O=C(COC(=O)[C@@H]1CC(=O)N(c2ccc([N+](=O)[O-])cc2)C1)c1ccc(OC(=O)c2ccc(Cl)cc2Cl)cc1. The van der Waals surface area contributed by atoms with Crippen molar-refractivity contribution in [3.63, 3.8) is 0 Å². The van der Waals surface area contributed by atoms with Crippen LogP contribution in [0.25, 0.3) is 0 Å². The Hall–Kier alpha value is -4.28. The molecular weight excluding hydrogens is 539 g/mol. The van der Waals surface area contributed by atoms with Gasteiger partial charge in [-0.15, -0.1) is 0 Å². The van der Waals surface area contributed by atoms with Crippen LogP contribution in [0.4, 0.5) is 11.4 Å². The number of carbonyl (C=O) groups is 4. The van der Waals surface area contributed by atoms with Gasteiger partial charge in [0.25, 0.3) is 5.69 Å². The number of Topliss-reactive ketones (excluding diaryl/α,β-unsaturated/α-hetero) is 1. The van der Waals surface area contributed by atoms with Crippen molar-refractivity contribution >= 4 is 58.2 Å². The van der Waals surface area contributed by atoms with E-state index in [9.17, 15) is 29.3 Å². The van der Waals surface area contributed by atoms with Crippen LogP contribution < -0.4 is 9.64 Å². The van der Waals surface area contributed by atoms with Gasteiger partial charge < -0.3 is 14.4 Å². The highest BCUT2D eigenvalue weighted by Crippen LogP contribution is 2.28. The predicted octanol–water partition coefficient (Wildman–Crippen LogP) is 4.90. The van der Waals surface area contributed by atoms with E-state index >= 15 is 0 Å². The van der Waals surface area contributed by atoms with Crippen molar-refractivity contribution in [2.45, 2.75) is 6.42 Å². The number of carbonyl (C=O) groups excluding carboxylic acids is 4. The molecule has 0 N–H and O–H groups in total. The number of amides is 1. The number of rotatable bonds is 8. The third-order valence-corrected chi connectivity index (χ3v) is 6.26. The second kappa shape index (κ2) is 11.4. The molecule has 1 aliphatic rings. The number of ketones is 1. The zero-order chi connectivity index (χ0) is 27.4. The van der Waals surface area contributed by atoms with Crippen LogP contribution in [0.3, 0.4) is 0 Å². The summed E-state index contributed by atoms with van der Waals surface area (Å²) in [6, 6.07) is 15.4. The maximum absolute atomic E-state index is 12.5. The number of halogens is 2. The first-order valence-corrected chi connectivity index (χ1v) is 11.9. The Balaban J connectivity index is 1.29. The van der Waals surface area contributed by atoms with Crippen molar-refractivity contribution in [3.8, 4) is 5.75 Å². The molecule has 0 spiro atoms. The van der Waals surface area contributed by atoms with Crippen molar-refractivity contribution < 1.29 is 33.6 Å². The van der Waals surface area contributed by atoms with Crippen molar-refractivity contribution in [2.75, 3.05) is 18.1 Å². The standard InChI is InChI=1S/C26H18Cl2N2O8/c27-17-3-10-21(22(28)12-17)26(34)38-20-8-1-15(2-9-20)23(31)14-37-25(33)16-11-24(32)29(13-16)18-4-6-19(7-5-18)30(35)36/h1-10,12,16H,11,13-14H2/t16-/m1/s1. The Morgan fingerprint density at radius 2 is 1.68 bits per heavy atom. The molecule has 0 saturated carbocycles. The van der Waals surface area contributed by atoms with Gasteiger partial charge in [0.15, 0.2) is 12.4 Å². The number of hydrogen-bond acceptors (Lipinski definition) is 8. The molecule has 10 nitrogen and oxygen atoms in total. The van der Waals surface area contributed by atoms with Gasteiger partial charge in [0.1, 0.15) is 5.75 Å². The van der Waals surface area contributed by atoms with Gasteiger partial charge in [-0.1, -0.05) is 23.2 Å². The highest BCUT2D eigenvalue weighted by Gasteiger charge is 2.36. The molecule has 3 aromatic rings. The molecule has 12 heteroatoms. The largest absolute Gasteiger partial charge is 0.457 e. The highest BCUT2D eigenvalue weighted by molar-refractivity contribution is 6.36. The van der Waals surface area contributed by atoms with E-state index in [4.69, 9.17) is 32.7 Å². The topological polar surface area (TPSA) is 133 Å². The molecule has 0 unspecified atom stereocenters. The molecule has 0 bridgehead atoms. The summed E-state index contributed by atoms with van der Waals surface area (Å²) in [6.07, 6.45) is -0.109. The van der Waals surface area contributed by atoms with E-state index in [2.05, 4.69) is 0 Å². The molecule has 1 aliphatic heterocycles. The molecule has 194 valence electrons. The molecule has 1 amide bonds. The average molecular weight is 557 g/mol. The Morgan fingerprint density at radius 3 is 2.32 bits per heavy atom. The van der Waals surface area contributed by atoms with Crippen LogP contribution in [0.1, 0.15) is 27.1 Å². The molecule has 0 radical (unpaired) electrons. The normalized spacial score (nSPS) is 14.7. The maximum Gasteiger partial charge on any atom is 0.345 e. The third-order valence-electron chi connectivity index (χ3n) is 5.71. The quantitative estimate of drug-likeness (QED) is 0.126. The van der Waals surface area contributed by atoms with Crippen LogP contribution in [-0.2, 0) is 14.3 Å². The van der Waals surface area contributed by atoms with Crippen molar-refractivity contribution in [1.82, 2.24) is 0 Å². The summed E-state index contributed by atoms with van der Waals surface area (Å²) in [4.78, 5) is 61.3. The second-order valence-corrected chi connectivity index (χ2v) is 9.09. The lowest BCUT2D eigenvalue weighted by atomic mass is 10.1. The summed E-state index contributed by atoms with van der Waals surface area (Å²) in [5.41, 5.74) is 0.649. The lowest BCUT2D eigenvalue weighted by Crippen LogP contribution is -2.27. The first kappa shape index (κ1) is 26.8. The third kappa shape index (κ3) is 6.16. The maximum atomic E-state index is 12.5. The Labute approximate surface area is 225 Å². The number of ether oxygens (including phenoxy) is 2. The number of esters is 2. The number of anilines is 1. The molecule has 1 fully saturated rings. The van der Waals surface area contributed by atoms with Crippen molar-refractivity contribution in [3.05, 3.63) is 98.0 Å². The molecule has 0 aliphatic carbocycles. The first-order chi connectivity index (χ1) is 18.1. The molecular formula is C26H18Cl2N2O8. The highest BCUT2D eigenvalue weighted by atomic mass is 35.5. The van der Waals surface area contributed by atoms with E-state index in [1.54, 1.807) is 0 Å². The van der Waals surface area contributed by atoms with Gasteiger partial charge in [0.2, 0.25) is 5.91 Å². The van der Waals surface area contributed by atoms with E-state index in [1.807, 2.05) is 0 Å². The lowest BCUT2D eigenvalue weighted by molar-refractivity contribution is -0.384. The molecule has 3 aromatic carbocycles. The lowest BCUT2D eigenvalue weighted by Gasteiger charge is -2.16. The summed E-state index contributed by atoms with van der Waals surface area (Å²) in [7, 11) is 0. The number of hydrogen-bond donors (Lipinski definition) is 0. The summed E-state index contributed by atoms with van der Waals surface area (Å²) >= 11 is 11.8. The minimum absolute atomic E-state index is 0.0291. The van der Waals surface area contributed by atoms with E-state index in [1.165, 1.54) is 71.6 Å². The monoisotopic (exact) mass is 556 g/mol. The fraction of sp³-hybridized carbons (Fsp3) is 0.154. The van der Waals surface area contributed by atoms with Gasteiger partial charge in [-0.25, -0.2) is 4.79 Å². The summed E-state index contributed by atoms with van der Waals surface area (Å²) in [6.45, 7) is -0.512. The summed E-state index contributed by atoms with van der Waals surface area (Å²) in [5, 5.41) is 11.3. The summed E-state index contributed by atoms with van der Waals surface area (Å²) in [5.74, 6) is -2.85. The van der Waals surface area contributed by atoms with E-state index in [0.717, 1.165) is 0 Å². The van der Waals surface area contributed by atoms with Gasteiger partial charge in [-0.3, -0.25) is 24.5 Å². The Morgan fingerprint density at radius 1 is 1.00 bits per heavy atom. The van der Waals surface area contributed by atoms with Crippen LogP contribution in [-0.4, -0.2) is 41.7 Å². The predicted molar refractivity (Wildman–Crippen MR) is 137 cm³/mol. The molecule has 1 atom stereocenters. The fourth-order valence-electron chi connectivity index (χ4n) is 3.73. The van der Waals surface area contributed by atoms with Crippen molar-refractivity contribution in [2.24, 2.45) is 5.92 Å². The van der Waals surface area contributed by atoms with E-state index in [-0.39, 0.29) is 46.5 Å². The number of nitrogens with zero attached hydrogens (tertiary/aromatic N) is 2. The number of nitro benzene ring substituents is 1. The molecule has 4 rings (SSSR count). The fourth-order valence-corrected chi connectivity index (χ4v) is 4.22. The van der Waals surface area contributed by atoms with E-state index in [0.29, 0.717) is 10.7 Å². The summed E-state index contributed by atoms with van der Waals surface area (Å²) < 4.78 is 10.4. The van der Waals surface area contributed by atoms with Crippen LogP contribution in [0.5, 0.6) is 5.75 Å².